The van der Waals surface area contributed by atoms with Gasteiger partial charge in [-0.05, 0) is 6.54 Å². The monoisotopic (exact) mass is 240 g/mol. The maximum absolute atomic E-state index is 5.57. The van der Waals surface area contributed by atoms with Gasteiger partial charge in [-0.1, -0.05) is 0 Å². The van der Waals surface area contributed by atoms with Gasteiger partial charge < -0.3 is 10.3 Å². The van der Waals surface area contributed by atoms with Crippen molar-refractivity contribution in [1.29, 1.82) is 0 Å². The molecule has 0 unspecified atom stereocenters. The summed E-state index contributed by atoms with van der Waals surface area (Å²) in [6.45, 7) is 5.33. The summed E-state index contributed by atoms with van der Waals surface area (Å²) in [6.07, 6.45) is 4.78. The van der Waals surface area contributed by atoms with Crippen molar-refractivity contribution in [3.8, 4) is 0 Å². The van der Waals surface area contributed by atoms with Crippen molar-refractivity contribution < 1.29 is 0 Å². The van der Waals surface area contributed by atoms with Crippen LogP contribution in [0.15, 0.2) is 12.5 Å². The zero-order valence-electron chi connectivity index (χ0n) is 9.64. The van der Waals surface area contributed by atoms with Gasteiger partial charge in [-0.2, -0.15) is 11.8 Å². The van der Waals surface area contributed by atoms with Crippen molar-refractivity contribution in [3.63, 3.8) is 0 Å². The van der Waals surface area contributed by atoms with Crippen LogP contribution in [0.1, 0.15) is 5.69 Å². The molecule has 2 heterocycles. The van der Waals surface area contributed by atoms with Gasteiger partial charge in [0.2, 0.25) is 0 Å². The Morgan fingerprint density at radius 2 is 2.12 bits per heavy atom. The maximum Gasteiger partial charge on any atom is 0.0948 e. The van der Waals surface area contributed by atoms with Gasteiger partial charge in [0.1, 0.15) is 0 Å². The van der Waals surface area contributed by atoms with Gasteiger partial charge in [-0.3, -0.25) is 4.90 Å². The number of nitrogens with two attached hydrogens (primary N) is 1. The fourth-order valence-corrected chi connectivity index (χ4v) is 2.96. The van der Waals surface area contributed by atoms with E-state index in [2.05, 4.69) is 26.2 Å². The molecule has 0 atom stereocenters. The highest BCUT2D eigenvalue weighted by atomic mass is 32.2. The Labute approximate surface area is 101 Å². The van der Waals surface area contributed by atoms with Crippen LogP contribution in [0.4, 0.5) is 0 Å². The fraction of sp³-hybridized carbons (Fsp3) is 0.727. The molecule has 4 nitrogen and oxygen atoms in total. The first-order valence-corrected chi connectivity index (χ1v) is 7.05. The second-order valence-electron chi connectivity index (χ2n) is 4.07. The number of aromatic nitrogens is 2. The van der Waals surface area contributed by atoms with E-state index in [1.807, 2.05) is 12.5 Å². The van der Waals surface area contributed by atoms with Crippen molar-refractivity contribution >= 4 is 11.8 Å². The minimum atomic E-state index is 0.700. The molecule has 1 aromatic rings. The lowest BCUT2D eigenvalue weighted by molar-refractivity contribution is 0.288. The number of rotatable bonds is 5. The van der Waals surface area contributed by atoms with Crippen molar-refractivity contribution in [2.24, 2.45) is 5.73 Å². The van der Waals surface area contributed by atoms with Crippen LogP contribution in [0, 0.1) is 0 Å². The molecule has 1 fully saturated rings. The van der Waals surface area contributed by atoms with E-state index >= 15 is 0 Å². The highest BCUT2D eigenvalue weighted by Crippen LogP contribution is 2.09. The molecule has 2 N–H and O–H groups in total. The molecule has 1 aliphatic heterocycles. The molecule has 1 aliphatic rings. The molecular formula is C11H20N4S. The molecule has 0 spiro atoms. The first kappa shape index (κ1) is 12.0. The van der Waals surface area contributed by atoms with E-state index in [1.54, 1.807) is 0 Å². The predicted molar refractivity (Wildman–Crippen MR) is 68.8 cm³/mol. The van der Waals surface area contributed by atoms with E-state index in [-0.39, 0.29) is 0 Å². The SMILES string of the molecule is NCCc1cncn1CCN1CCSCC1. The minimum Gasteiger partial charge on any atom is -0.333 e. The molecule has 0 aliphatic carbocycles. The minimum absolute atomic E-state index is 0.700. The maximum atomic E-state index is 5.57. The number of imidazole rings is 1. The van der Waals surface area contributed by atoms with Gasteiger partial charge in [-0.25, -0.2) is 4.98 Å². The summed E-state index contributed by atoms with van der Waals surface area (Å²) in [5.41, 5.74) is 6.83. The van der Waals surface area contributed by atoms with Crippen LogP contribution in [0.3, 0.4) is 0 Å². The Morgan fingerprint density at radius 1 is 1.31 bits per heavy atom. The van der Waals surface area contributed by atoms with Crippen LogP contribution in [0.5, 0.6) is 0 Å². The Kier molecular flexibility index (Phi) is 4.69. The van der Waals surface area contributed by atoms with Gasteiger partial charge in [0.15, 0.2) is 0 Å². The van der Waals surface area contributed by atoms with Crippen LogP contribution >= 0.6 is 11.8 Å². The normalized spacial score (nSPS) is 17.8. The average molecular weight is 240 g/mol. The van der Waals surface area contributed by atoms with Crippen molar-refractivity contribution in [2.75, 3.05) is 37.7 Å². The number of thioether (sulfide) groups is 1. The Bertz CT molecular complexity index is 307. The van der Waals surface area contributed by atoms with Crippen LogP contribution < -0.4 is 5.73 Å². The third kappa shape index (κ3) is 3.23. The third-order valence-electron chi connectivity index (χ3n) is 2.96. The zero-order chi connectivity index (χ0) is 11.2. The zero-order valence-corrected chi connectivity index (χ0v) is 10.5. The van der Waals surface area contributed by atoms with E-state index in [1.165, 1.54) is 30.3 Å². The van der Waals surface area contributed by atoms with Gasteiger partial charge in [0.25, 0.3) is 0 Å². The van der Waals surface area contributed by atoms with Crippen LogP contribution in [-0.4, -0.2) is 52.1 Å². The standard InChI is InChI=1S/C11H20N4S/c12-2-1-11-9-13-10-15(11)4-3-14-5-7-16-8-6-14/h9-10H,1-8,12H2. The molecule has 5 heteroatoms. The van der Waals surface area contributed by atoms with Crippen molar-refractivity contribution in [3.05, 3.63) is 18.2 Å². The summed E-state index contributed by atoms with van der Waals surface area (Å²) in [6, 6.07) is 0. The van der Waals surface area contributed by atoms with Gasteiger partial charge >= 0.3 is 0 Å². The Balaban J connectivity index is 1.81. The van der Waals surface area contributed by atoms with Crippen LogP contribution in [-0.2, 0) is 13.0 Å². The molecule has 2 rings (SSSR count). The number of hydrogen-bond acceptors (Lipinski definition) is 4. The summed E-state index contributed by atoms with van der Waals surface area (Å²) in [7, 11) is 0. The lowest BCUT2D eigenvalue weighted by Crippen LogP contribution is -2.35. The highest BCUT2D eigenvalue weighted by molar-refractivity contribution is 7.99. The van der Waals surface area contributed by atoms with Crippen molar-refractivity contribution in [1.82, 2.24) is 14.5 Å². The molecule has 90 valence electrons. The van der Waals surface area contributed by atoms with E-state index in [0.717, 1.165) is 19.5 Å². The topological polar surface area (TPSA) is 47.1 Å². The molecule has 0 amide bonds. The summed E-state index contributed by atoms with van der Waals surface area (Å²) < 4.78 is 2.23. The molecular weight excluding hydrogens is 220 g/mol. The first-order valence-electron chi connectivity index (χ1n) is 5.89. The second kappa shape index (κ2) is 6.27. The Morgan fingerprint density at radius 3 is 2.88 bits per heavy atom. The summed E-state index contributed by atoms with van der Waals surface area (Å²) >= 11 is 2.06. The fourth-order valence-electron chi connectivity index (χ4n) is 1.98. The lowest BCUT2D eigenvalue weighted by atomic mass is 10.3. The second-order valence-corrected chi connectivity index (χ2v) is 5.30. The largest absolute Gasteiger partial charge is 0.333 e. The highest BCUT2D eigenvalue weighted by Gasteiger charge is 2.10. The molecule has 0 saturated carbocycles. The van der Waals surface area contributed by atoms with Crippen molar-refractivity contribution in [2.45, 2.75) is 13.0 Å². The van der Waals surface area contributed by atoms with Gasteiger partial charge in [0.05, 0.1) is 6.33 Å². The predicted octanol–water partition coefficient (Wildman–Crippen LogP) is 0.433. The Hall–Kier alpha value is -0.520. The smallest absolute Gasteiger partial charge is 0.0948 e. The molecule has 1 aromatic heterocycles. The van der Waals surface area contributed by atoms with E-state index in [0.29, 0.717) is 6.54 Å². The first-order chi connectivity index (χ1) is 7.90. The summed E-state index contributed by atoms with van der Waals surface area (Å²) in [5, 5.41) is 0. The molecule has 0 aromatic carbocycles. The molecule has 0 radical (unpaired) electrons. The van der Waals surface area contributed by atoms with Gasteiger partial charge in [0, 0.05) is 56.0 Å². The molecule has 16 heavy (non-hydrogen) atoms. The van der Waals surface area contributed by atoms with E-state index in [4.69, 9.17) is 5.73 Å². The summed E-state index contributed by atoms with van der Waals surface area (Å²) in [5.74, 6) is 2.55. The third-order valence-corrected chi connectivity index (χ3v) is 3.90. The molecule has 0 bridgehead atoms. The lowest BCUT2D eigenvalue weighted by Gasteiger charge is -2.26. The van der Waals surface area contributed by atoms with E-state index < -0.39 is 0 Å². The number of nitrogens with zero attached hydrogens (tertiary/aromatic N) is 3. The summed E-state index contributed by atoms with van der Waals surface area (Å²) in [4.78, 5) is 6.72. The number of hydrogen-bond donors (Lipinski definition) is 1. The van der Waals surface area contributed by atoms with Gasteiger partial charge in [-0.15, -0.1) is 0 Å². The quantitative estimate of drug-likeness (QED) is 0.811. The van der Waals surface area contributed by atoms with E-state index in [9.17, 15) is 0 Å². The molecule has 1 saturated heterocycles. The van der Waals surface area contributed by atoms with Crippen LogP contribution in [0.25, 0.3) is 0 Å². The average Bonchev–Trinajstić information content (AvgIpc) is 2.76. The van der Waals surface area contributed by atoms with Crippen LogP contribution in [0.2, 0.25) is 0 Å².